The summed E-state index contributed by atoms with van der Waals surface area (Å²) in [6.07, 6.45) is 0. The highest BCUT2D eigenvalue weighted by Crippen LogP contribution is 2.36. The number of carbonyl (C=O) groups excluding carboxylic acids is 1. The van der Waals surface area contributed by atoms with Crippen molar-refractivity contribution < 1.29 is 23.4 Å². The first kappa shape index (κ1) is 18.9. The number of ether oxygens (including phenoxy) is 3. The summed E-state index contributed by atoms with van der Waals surface area (Å²) >= 11 is 6.05. The molecule has 0 saturated heterocycles. The Morgan fingerprint density at radius 1 is 1.08 bits per heavy atom. The van der Waals surface area contributed by atoms with Gasteiger partial charge in [0.25, 0.3) is 5.91 Å². The molecule has 0 bridgehead atoms. The maximum atomic E-state index is 13.0. The van der Waals surface area contributed by atoms with E-state index in [2.05, 4.69) is 5.32 Å². The third kappa shape index (κ3) is 4.54. The fourth-order valence-electron chi connectivity index (χ4n) is 2.07. The fraction of sp³-hybridized carbons (Fsp3) is 0.278. The van der Waals surface area contributed by atoms with Crippen LogP contribution in [0.1, 0.15) is 13.8 Å². The third-order valence-electron chi connectivity index (χ3n) is 3.46. The number of hydrogen-bond acceptors (Lipinski definition) is 4. The maximum absolute atomic E-state index is 13.0. The van der Waals surface area contributed by atoms with Gasteiger partial charge in [-0.15, -0.1) is 0 Å². The lowest BCUT2D eigenvalue weighted by Gasteiger charge is -2.26. The van der Waals surface area contributed by atoms with Gasteiger partial charge in [-0.3, -0.25) is 4.79 Å². The highest BCUT2D eigenvalue weighted by Gasteiger charge is 2.31. The molecule has 1 N–H and O–H groups in total. The van der Waals surface area contributed by atoms with Gasteiger partial charge in [0.05, 0.1) is 24.9 Å². The zero-order valence-corrected chi connectivity index (χ0v) is 15.1. The van der Waals surface area contributed by atoms with Crippen molar-refractivity contribution in [3.8, 4) is 17.2 Å². The molecule has 0 saturated carbocycles. The Hall–Kier alpha value is -2.47. The lowest BCUT2D eigenvalue weighted by molar-refractivity contribution is -0.128. The summed E-state index contributed by atoms with van der Waals surface area (Å²) in [6.45, 7) is 3.20. The van der Waals surface area contributed by atoms with Gasteiger partial charge in [0.2, 0.25) is 0 Å². The summed E-state index contributed by atoms with van der Waals surface area (Å²) in [5, 5.41) is 3.09. The van der Waals surface area contributed by atoms with Gasteiger partial charge < -0.3 is 19.5 Å². The lowest BCUT2D eigenvalue weighted by atomic mass is 10.1. The Balaban J connectivity index is 2.21. The molecular formula is C18H19ClFNO4. The van der Waals surface area contributed by atoms with Crippen LogP contribution in [-0.4, -0.2) is 25.7 Å². The van der Waals surface area contributed by atoms with E-state index in [1.807, 2.05) is 0 Å². The monoisotopic (exact) mass is 367 g/mol. The van der Waals surface area contributed by atoms with Crippen molar-refractivity contribution in [2.75, 3.05) is 19.5 Å². The van der Waals surface area contributed by atoms with Crippen molar-refractivity contribution >= 4 is 23.2 Å². The van der Waals surface area contributed by atoms with Crippen LogP contribution in [0, 0.1) is 5.82 Å². The molecule has 25 heavy (non-hydrogen) atoms. The van der Waals surface area contributed by atoms with E-state index in [1.54, 1.807) is 26.0 Å². The van der Waals surface area contributed by atoms with Crippen molar-refractivity contribution in [1.82, 2.24) is 0 Å². The molecule has 0 aliphatic rings. The standard InChI is InChI=1S/C18H19ClFNO4/c1-18(2,25-12-7-5-11(20)6-8-12)17(22)21-14-10-15(23-3)13(19)9-16(14)24-4/h5-10H,1-4H3,(H,21,22). The second-order valence-corrected chi connectivity index (χ2v) is 6.11. The number of rotatable bonds is 6. The predicted molar refractivity (Wildman–Crippen MR) is 94.3 cm³/mol. The van der Waals surface area contributed by atoms with Crippen molar-refractivity contribution in [3.63, 3.8) is 0 Å². The van der Waals surface area contributed by atoms with Gasteiger partial charge in [-0.05, 0) is 38.1 Å². The molecule has 5 nitrogen and oxygen atoms in total. The van der Waals surface area contributed by atoms with Crippen LogP contribution in [0.2, 0.25) is 5.02 Å². The highest BCUT2D eigenvalue weighted by atomic mass is 35.5. The SMILES string of the molecule is COc1cc(NC(=O)C(C)(C)Oc2ccc(F)cc2)c(OC)cc1Cl. The van der Waals surface area contributed by atoms with E-state index in [0.717, 1.165) is 0 Å². The fourth-order valence-corrected chi connectivity index (χ4v) is 2.31. The van der Waals surface area contributed by atoms with Crippen LogP contribution in [0.5, 0.6) is 17.2 Å². The number of methoxy groups -OCH3 is 2. The molecule has 0 aromatic heterocycles. The minimum Gasteiger partial charge on any atom is -0.495 e. The summed E-state index contributed by atoms with van der Waals surface area (Å²) in [5.41, 5.74) is -0.820. The van der Waals surface area contributed by atoms with Gasteiger partial charge in [0.1, 0.15) is 23.1 Å². The Morgan fingerprint density at radius 3 is 2.24 bits per heavy atom. The largest absolute Gasteiger partial charge is 0.495 e. The number of carbonyl (C=O) groups is 1. The minimum absolute atomic E-state index is 0.360. The Bertz CT molecular complexity index is 762. The Labute approximate surface area is 150 Å². The molecule has 2 aromatic carbocycles. The summed E-state index contributed by atoms with van der Waals surface area (Å²) in [4.78, 5) is 12.6. The molecule has 0 aliphatic heterocycles. The summed E-state index contributed by atoms with van der Waals surface area (Å²) < 4.78 is 29.0. The lowest BCUT2D eigenvalue weighted by Crippen LogP contribution is -2.42. The van der Waals surface area contributed by atoms with Crippen LogP contribution in [0.25, 0.3) is 0 Å². The van der Waals surface area contributed by atoms with Gasteiger partial charge in [-0.2, -0.15) is 0 Å². The van der Waals surface area contributed by atoms with Crippen molar-refractivity contribution in [3.05, 3.63) is 47.2 Å². The van der Waals surface area contributed by atoms with E-state index in [-0.39, 0.29) is 5.82 Å². The van der Waals surface area contributed by atoms with Gasteiger partial charge in [-0.25, -0.2) is 4.39 Å². The Kier molecular flexibility index (Phi) is 5.74. The van der Waals surface area contributed by atoms with E-state index in [0.29, 0.717) is 28.0 Å². The minimum atomic E-state index is -1.21. The molecular weight excluding hydrogens is 349 g/mol. The number of nitrogens with one attached hydrogen (secondary N) is 1. The normalized spacial score (nSPS) is 11.0. The topological polar surface area (TPSA) is 56.8 Å². The summed E-state index contributed by atoms with van der Waals surface area (Å²) in [7, 11) is 2.94. The second kappa shape index (κ2) is 7.61. The van der Waals surface area contributed by atoms with E-state index < -0.39 is 11.5 Å². The van der Waals surface area contributed by atoms with Crippen LogP contribution >= 0.6 is 11.6 Å². The van der Waals surface area contributed by atoms with Crippen LogP contribution in [0.15, 0.2) is 36.4 Å². The predicted octanol–water partition coefficient (Wildman–Crippen LogP) is 4.29. The maximum Gasteiger partial charge on any atom is 0.268 e. The first-order chi connectivity index (χ1) is 11.8. The highest BCUT2D eigenvalue weighted by molar-refractivity contribution is 6.32. The van der Waals surface area contributed by atoms with Crippen molar-refractivity contribution in [2.24, 2.45) is 0 Å². The van der Waals surface area contributed by atoms with Crippen molar-refractivity contribution in [1.29, 1.82) is 0 Å². The van der Waals surface area contributed by atoms with Gasteiger partial charge in [-0.1, -0.05) is 11.6 Å². The average Bonchev–Trinajstić information content (AvgIpc) is 2.57. The molecule has 134 valence electrons. The van der Waals surface area contributed by atoms with Crippen LogP contribution in [0.3, 0.4) is 0 Å². The molecule has 0 spiro atoms. The summed E-state index contributed by atoms with van der Waals surface area (Å²) in [5.74, 6) is 0.362. The third-order valence-corrected chi connectivity index (χ3v) is 3.75. The molecule has 2 rings (SSSR count). The molecule has 2 aromatic rings. The molecule has 0 heterocycles. The molecule has 1 amide bonds. The smallest absolute Gasteiger partial charge is 0.268 e. The molecule has 0 aliphatic carbocycles. The summed E-state index contributed by atoms with van der Waals surface area (Å²) in [6, 6.07) is 8.54. The zero-order valence-electron chi connectivity index (χ0n) is 14.4. The number of anilines is 1. The number of hydrogen-bond donors (Lipinski definition) is 1. The van der Waals surface area contributed by atoms with Crippen LogP contribution in [0.4, 0.5) is 10.1 Å². The zero-order chi connectivity index (χ0) is 18.6. The van der Waals surface area contributed by atoms with Gasteiger partial charge >= 0.3 is 0 Å². The second-order valence-electron chi connectivity index (χ2n) is 5.71. The first-order valence-electron chi connectivity index (χ1n) is 7.44. The quantitative estimate of drug-likeness (QED) is 0.827. The molecule has 7 heteroatoms. The molecule has 0 atom stereocenters. The van der Waals surface area contributed by atoms with Gasteiger partial charge in [0.15, 0.2) is 5.60 Å². The first-order valence-corrected chi connectivity index (χ1v) is 7.82. The average molecular weight is 368 g/mol. The van der Waals surface area contributed by atoms with E-state index in [9.17, 15) is 9.18 Å². The van der Waals surface area contributed by atoms with Crippen molar-refractivity contribution in [2.45, 2.75) is 19.4 Å². The van der Waals surface area contributed by atoms with E-state index in [4.69, 9.17) is 25.8 Å². The van der Waals surface area contributed by atoms with E-state index in [1.165, 1.54) is 38.5 Å². The number of halogens is 2. The Morgan fingerprint density at radius 2 is 1.68 bits per heavy atom. The van der Waals surface area contributed by atoms with E-state index >= 15 is 0 Å². The number of benzene rings is 2. The number of amides is 1. The van der Waals surface area contributed by atoms with Crippen LogP contribution in [-0.2, 0) is 4.79 Å². The van der Waals surface area contributed by atoms with Crippen LogP contribution < -0.4 is 19.5 Å². The molecule has 0 radical (unpaired) electrons. The molecule has 0 fully saturated rings. The molecule has 0 unspecified atom stereocenters. The van der Waals surface area contributed by atoms with Gasteiger partial charge in [0, 0.05) is 12.1 Å².